The predicted octanol–water partition coefficient (Wildman–Crippen LogP) is 0.551. The van der Waals surface area contributed by atoms with E-state index >= 15 is 0 Å². The molecule has 1 aromatic heterocycles. The Morgan fingerprint density at radius 2 is 2.21 bits per heavy atom. The molecule has 7 heteroatoms. The Labute approximate surface area is 112 Å². The molecule has 1 fully saturated rings. The Bertz CT molecular complexity index is 564. The van der Waals surface area contributed by atoms with Crippen molar-refractivity contribution in [3.8, 4) is 0 Å². The first kappa shape index (κ1) is 14.0. The molecule has 0 saturated heterocycles. The van der Waals surface area contributed by atoms with Crippen LogP contribution in [-0.4, -0.2) is 31.6 Å². The second-order valence-corrected chi connectivity index (χ2v) is 6.87. The van der Waals surface area contributed by atoms with E-state index in [1.807, 2.05) is 0 Å². The van der Waals surface area contributed by atoms with Crippen molar-refractivity contribution >= 4 is 21.4 Å². The lowest BCUT2D eigenvalue weighted by Gasteiger charge is -2.10. The minimum Gasteiger partial charge on any atom is -0.327 e. The second-order valence-electron chi connectivity index (χ2n) is 4.91. The third-order valence-electron chi connectivity index (χ3n) is 3.05. The summed E-state index contributed by atoms with van der Waals surface area (Å²) in [4.78, 5) is 15.5. The highest BCUT2D eigenvalue weighted by Gasteiger charge is 2.29. The van der Waals surface area contributed by atoms with Gasteiger partial charge in [-0.25, -0.2) is 13.4 Å². The Kier molecular flexibility index (Phi) is 3.86. The number of aromatic nitrogens is 1. The molecule has 0 bridgehead atoms. The number of hydrogen-bond donors (Lipinski definition) is 2. The molecule has 3 N–H and O–H groups in total. The lowest BCUT2D eigenvalue weighted by Crippen LogP contribution is -2.28. The molecule has 1 saturated carbocycles. The number of nitrogens with two attached hydrogens (primary N) is 1. The fraction of sp³-hybridized carbons (Fsp3) is 0.500. The molecule has 19 heavy (non-hydrogen) atoms. The zero-order valence-corrected chi connectivity index (χ0v) is 11.5. The van der Waals surface area contributed by atoms with Gasteiger partial charge in [-0.05, 0) is 30.9 Å². The summed E-state index contributed by atoms with van der Waals surface area (Å²) in [6, 6.07) is 2.79. The van der Waals surface area contributed by atoms with Crippen LogP contribution in [0.3, 0.4) is 0 Å². The van der Waals surface area contributed by atoms with E-state index in [0.29, 0.717) is 11.6 Å². The Morgan fingerprint density at radius 3 is 2.68 bits per heavy atom. The Balaban J connectivity index is 1.93. The van der Waals surface area contributed by atoms with E-state index in [-0.39, 0.29) is 23.4 Å². The molecule has 104 valence electrons. The summed E-state index contributed by atoms with van der Waals surface area (Å²) in [7, 11) is -3.31. The Hall–Kier alpha value is -1.47. The first-order valence-electron chi connectivity index (χ1n) is 6.08. The summed E-state index contributed by atoms with van der Waals surface area (Å²) < 4.78 is 22.5. The van der Waals surface area contributed by atoms with E-state index in [1.54, 1.807) is 0 Å². The van der Waals surface area contributed by atoms with Gasteiger partial charge in [-0.3, -0.25) is 4.79 Å². The summed E-state index contributed by atoms with van der Waals surface area (Å²) in [5, 5.41) is 2.64. The fourth-order valence-electron chi connectivity index (χ4n) is 1.79. The quantitative estimate of drug-likeness (QED) is 0.821. The summed E-state index contributed by atoms with van der Waals surface area (Å²) >= 11 is 0. The average Bonchev–Trinajstić information content (AvgIpc) is 3.11. The van der Waals surface area contributed by atoms with Gasteiger partial charge in [-0.1, -0.05) is 0 Å². The zero-order valence-electron chi connectivity index (χ0n) is 10.7. The molecule has 0 aliphatic heterocycles. The number of nitrogens with zero attached hydrogens (tertiary/aromatic N) is 1. The van der Waals surface area contributed by atoms with Crippen LogP contribution < -0.4 is 11.1 Å². The van der Waals surface area contributed by atoms with Crippen LogP contribution in [0, 0.1) is 5.92 Å². The molecular weight excluding hydrogens is 266 g/mol. The molecule has 1 atom stereocenters. The van der Waals surface area contributed by atoms with Crippen LogP contribution in [0.15, 0.2) is 23.4 Å². The lowest BCUT2D eigenvalue weighted by atomic mass is 10.1. The minimum atomic E-state index is -3.31. The first-order valence-corrected chi connectivity index (χ1v) is 7.97. The summed E-state index contributed by atoms with van der Waals surface area (Å²) in [5.74, 6) is 0.296. The maximum Gasteiger partial charge on any atom is 0.225 e. The number of carbonyl (C=O) groups is 1. The second kappa shape index (κ2) is 5.26. The molecule has 6 nitrogen and oxygen atoms in total. The minimum absolute atomic E-state index is 0.0137. The maximum absolute atomic E-state index is 11.7. The molecule has 1 aliphatic carbocycles. The van der Waals surface area contributed by atoms with Gasteiger partial charge >= 0.3 is 0 Å². The molecule has 1 unspecified atom stereocenters. The molecular formula is C12H17N3O3S. The molecule has 0 spiro atoms. The summed E-state index contributed by atoms with van der Waals surface area (Å²) in [5.41, 5.74) is 6.33. The highest BCUT2D eigenvalue weighted by molar-refractivity contribution is 7.90. The van der Waals surface area contributed by atoms with E-state index in [4.69, 9.17) is 5.73 Å². The molecule has 0 aromatic carbocycles. The number of rotatable bonds is 5. The molecule has 1 aromatic rings. The third-order valence-corrected chi connectivity index (χ3v) is 4.05. The van der Waals surface area contributed by atoms with Crippen molar-refractivity contribution in [3.63, 3.8) is 0 Å². The van der Waals surface area contributed by atoms with Gasteiger partial charge in [0, 0.05) is 18.7 Å². The van der Waals surface area contributed by atoms with Crippen LogP contribution in [0.25, 0.3) is 0 Å². The van der Waals surface area contributed by atoms with Crippen LogP contribution in [0.1, 0.15) is 19.3 Å². The van der Waals surface area contributed by atoms with Gasteiger partial charge in [0.05, 0.1) is 11.9 Å². The normalized spacial score (nSPS) is 16.9. The highest BCUT2D eigenvalue weighted by Crippen LogP contribution is 2.32. The predicted molar refractivity (Wildman–Crippen MR) is 71.3 cm³/mol. The lowest BCUT2D eigenvalue weighted by molar-refractivity contribution is -0.116. The van der Waals surface area contributed by atoms with Gasteiger partial charge in [0.2, 0.25) is 5.91 Å². The van der Waals surface area contributed by atoms with Crippen molar-refractivity contribution in [1.82, 2.24) is 4.98 Å². The van der Waals surface area contributed by atoms with Crippen molar-refractivity contribution in [2.24, 2.45) is 11.7 Å². The number of hydrogen-bond acceptors (Lipinski definition) is 5. The zero-order chi connectivity index (χ0) is 14.0. The smallest absolute Gasteiger partial charge is 0.225 e. The molecule has 1 amide bonds. The van der Waals surface area contributed by atoms with E-state index in [9.17, 15) is 13.2 Å². The molecule has 2 rings (SSSR count). The van der Waals surface area contributed by atoms with E-state index in [2.05, 4.69) is 10.3 Å². The summed E-state index contributed by atoms with van der Waals surface area (Å²) in [6.07, 6.45) is 4.88. The van der Waals surface area contributed by atoms with Crippen molar-refractivity contribution in [1.29, 1.82) is 0 Å². The first-order chi connectivity index (χ1) is 8.86. The largest absolute Gasteiger partial charge is 0.327 e. The van der Waals surface area contributed by atoms with Gasteiger partial charge in [0.1, 0.15) is 0 Å². The van der Waals surface area contributed by atoms with Gasteiger partial charge in [-0.2, -0.15) is 0 Å². The maximum atomic E-state index is 11.7. The summed E-state index contributed by atoms with van der Waals surface area (Å²) in [6.45, 7) is 0. The van der Waals surface area contributed by atoms with Gasteiger partial charge in [-0.15, -0.1) is 0 Å². The van der Waals surface area contributed by atoms with Crippen LogP contribution in [0.5, 0.6) is 0 Å². The fourth-order valence-corrected chi connectivity index (χ4v) is 2.35. The van der Waals surface area contributed by atoms with Crippen LogP contribution >= 0.6 is 0 Å². The molecule has 1 aliphatic rings. The topological polar surface area (TPSA) is 102 Å². The van der Waals surface area contributed by atoms with Crippen molar-refractivity contribution < 1.29 is 13.2 Å². The van der Waals surface area contributed by atoms with Crippen molar-refractivity contribution in [2.45, 2.75) is 30.3 Å². The van der Waals surface area contributed by atoms with Crippen LogP contribution in [0.2, 0.25) is 0 Å². The standard InChI is InChI=1S/C12H17N3O3S/c1-19(17,18)12-5-4-9(7-14-12)15-11(16)6-10(13)8-2-3-8/h4-5,7-8,10H,2-3,6,13H2,1H3,(H,15,16). The van der Waals surface area contributed by atoms with Gasteiger partial charge in [0.15, 0.2) is 14.9 Å². The number of carbonyl (C=O) groups excluding carboxylic acids is 1. The van der Waals surface area contributed by atoms with Gasteiger partial charge in [0.25, 0.3) is 0 Å². The van der Waals surface area contributed by atoms with Crippen molar-refractivity contribution in [3.05, 3.63) is 18.3 Å². The number of sulfone groups is 1. The van der Waals surface area contributed by atoms with Crippen LogP contribution in [0.4, 0.5) is 5.69 Å². The van der Waals surface area contributed by atoms with E-state index in [0.717, 1.165) is 19.1 Å². The number of nitrogens with one attached hydrogen (secondary N) is 1. The third kappa shape index (κ3) is 4.00. The molecule has 1 heterocycles. The number of pyridine rings is 1. The van der Waals surface area contributed by atoms with E-state index in [1.165, 1.54) is 18.3 Å². The van der Waals surface area contributed by atoms with Crippen LogP contribution in [-0.2, 0) is 14.6 Å². The number of anilines is 1. The molecule has 0 radical (unpaired) electrons. The number of amides is 1. The van der Waals surface area contributed by atoms with Gasteiger partial charge < -0.3 is 11.1 Å². The SMILES string of the molecule is CS(=O)(=O)c1ccc(NC(=O)CC(N)C2CC2)cn1. The Morgan fingerprint density at radius 1 is 1.53 bits per heavy atom. The highest BCUT2D eigenvalue weighted by atomic mass is 32.2. The average molecular weight is 283 g/mol. The van der Waals surface area contributed by atoms with E-state index < -0.39 is 9.84 Å². The van der Waals surface area contributed by atoms with Crippen molar-refractivity contribution in [2.75, 3.05) is 11.6 Å². The monoisotopic (exact) mass is 283 g/mol.